The van der Waals surface area contributed by atoms with Gasteiger partial charge in [-0.05, 0) is 42.2 Å². The summed E-state index contributed by atoms with van der Waals surface area (Å²) in [6, 6.07) is 11.8. The fraction of sp³-hybridized carbons (Fsp3) is 0.182. The van der Waals surface area contributed by atoms with Gasteiger partial charge in [-0.2, -0.15) is 0 Å². The highest BCUT2D eigenvalue weighted by Gasteiger charge is 2.21. The van der Waals surface area contributed by atoms with Crippen molar-refractivity contribution in [2.45, 2.75) is 20.0 Å². The Kier molecular flexibility index (Phi) is 5.33. The first-order valence-corrected chi connectivity index (χ1v) is 8.62. The number of carboxylic acids is 1. The molecule has 0 amide bonds. The first kappa shape index (κ1) is 19.4. The third-order valence-electron chi connectivity index (χ3n) is 4.81. The van der Waals surface area contributed by atoms with Crippen LogP contribution in [-0.4, -0.2) is 23.3 Å². The minimum atomic E-state index is -1.17. The van der Waals surface area contributed by atoms with Gasteiger partial charge in [-0.15, -0.1) is 0 Å². The van der Waals surface area contributed by atoms with Crippen LogP contribution in [0.15, 0.2) is 57.9 Å². The molecule has 1 atom stereocenters. The van der Waals surface area contributed by atoms with Gasteiger partial charge in [0.2, 0.25) is 0 Å². The zero-order valence-corrected chi connectivity index (χ0v) is 15.7. The van der Waals surface area contributed by atoms with Gasteiger partial charge in [-0.25, -0.2) is 9.59 Å². The van der Waals surface area contributed by atoms with E-state index in [1.54, 1.807) is 49.4 Å². The Bertz CT molecular complexity index is 1140. The second-order valence-electron chi connectivity index (χ2n) is 6.46. The zero-order valence-electron chi connectivity index (χ0n) is 15.7. The van der Waals surface area contributed by atoms with Gasteiger partial charge in [0, 0.05) is 10.9 Å². The van der Waals surface area contributed by atoms with Gasteiger partial charge >= 0.3 is 11.6 Å². The maximum absolute atomic E-state index is 12.0. The van der Waals surface area contributed by atoms with Crippen LogP contribution in [0.4, 0.5) is 0 Å². The molecule has 0 radical (unpaired) electrons. The van der Waals surface area contributed by atoms with Gasteiger partial charge in [0.25, 0.3) is 0 Å². The molecule has 28 heavy (non-hydrogen) atoms. The van der Waals surface area contributed by atoms with Crippen LogP contribution in [0.3, 0.4) is 0 Å². The van der Waals surface area contributed by atoms with Crippen molar-refractivity contribution in [3.05, 3.63) is 87.0 Å². The number of carbonyl (C=O) groups is 1. The van der Waals surface area contributed by atoms with E-state index < -0.39 is 17.7 Å². The predicted molar refractivity (Wildman–Crippen MR) is 105 cm³/mol. The Morgan fingerprint density at radius 2 is 1.86 bits per heavy atom. The van der Waals surface area contributed by atoms with Crippen molar-refractivity contribution in [1.82, 2.24) is 0 Å². The van der Waals surface area contributed by atoms with Crippen LogP contribution in [0.5, 0.6) is 0 Å². The molecule has 3 rings (SSSR count). The number of carboxylic acid groups (broad SMARTS) is 1. The molecular formula is C22H20O6. The lowest BCUT2D eigenvalue weighted by Crippen LogP contribution is -2.09. The van der Waals surface area contributed by atoms with Gasteiger partial charge < -0.3 is 19.4 Å². The quantitative estimate of drug-likeness (QED) is 0.399. The molecule has 0 saturated carbocycles. The number of rotatable bonds is 5. The number of aliphatic hydroxyl groups excluding tert-OH is 1. The number of benzene rings is 2. The maximum Gasteiger partial charge on any atom is 0.339 e. The van der Waals surface area contributed by atoms with Crippen LogP contribution in [0.2, 0.25) is 0 Å². The molecule has 3 aromatic rings. The molecule has 0 aliphatic heterocycles. The van der Waals surface area contributed by atoms with Gasteiger partial charge in [0.05, 0.1) is 13.4 Å². The SMILES string of the molecule is CO/C=C(/C(=O)O)c1ccccc1C(O)c1ccc2c(C)c(C)c(=O)oc2c1. The molecule has 2 aromatic carbocycles. The third-order valence-corrected chi connectivity index (χ3v) is 4.81. The Hall–Kier alpha value is -3.38. The monoisotopic (exact) mass is 380 g/mol. The van der Waals surface area contributed by atoms with E-state index in [1.807, 2.05) is 6.92 Å². The van der Waals surface area contributed by atoms with Crippen LogP contribution in [0.25, 0.3) is 16.5 Å². The van der Waals surface area contributed by atoms with Crippen LogP contribution in [0.1, 0.15) is 33.9 Å². The number of methoxy groups -OCH3 is 1. The summed E-state index contributed by atoms with van der Waals surface area (Å²) in [5.74, 6) is -1.17. The zero-order chi connectivity index (χ0) is 20.4. The van der Waals surface area contributed by atoms with E-state index in [1.165, 1.54) is 7.11 Å². The minimum absolute atomic E-state index is 0.0732. The first-order valence-electron chi connectivity index (χ1n) is 8.62. The molecule has 2 N–H and O–H groups in total. The Morgan fingerprint density at radius 1 is 1.14 bits per heavy atom. The van der Waals surface area contributed by atoms with E-state index in [0.717, 1.165) is 17.2 Å². The van der Waals surface area contributed by atoms with Gasteiger partial charge in [-0.1, -0.05) is 36.4 Å². The number of hydrogen-bond donors (Lipinski definition) is 2. The fourth-order valence-electron chi connectivity index (χ4n) is 3.14. The molecular weight excluding hydrogens is 360 g/mol. The number of aryl methyl sites for hydroxylation is 1. The molecule has 0 saturated heterocycles. The highest BCUT2D eigenvalue weighted by atomic mass is 16.5. The molecule has 1 aromatic heterocycles. The Morgan fingerprint density at radius 3 is 2.54 bits per heavy atom. The van der Waals surface area contributed by atoms with Crippen LogP contribution in [0, 0.1) is 13.8 Å². The molecule has 0 bridgehead atoms. The van der Waals surface area contributed by atoms with Crippen molar-refractivity contribution < 1.29 is 24.2 Å². The molecule has 0 aliphatic carbocycles. The summed E-state index contributed by atoms with van der Waals surface area (Å²) in [4.78, 5) is 23.6. The fourth-order valence-corrected chi connectivity index (χ4v) is 3.14. The van der Waals surface area contributed by atoms with Crippen molar-refractivity contribution in [3.8, 4) is 0 Å². The van der Waals surface area contributed by atoms with Crippen molar-refractivity contribution in [2.24, 2.45) is 0 Å². The lowest BCUT2D eigenvalue weighted by atomic mass is 9.92. The summed E-state index contributed by atoms with van der Waals surface area (Å²) < 4.78 is 10.2. The highest BCUT2D eigenvalue weighted by molar-refractivity contribution is 6.15. The lowest BCUT2D eigenvalue weighted by molar-refractivity contribution is -0.130. The molecule has 1 heterocycles. The molecule has 0 fully saturated rings. The molecule has 1 unspecified atom stereocenters. The largest absolute Gasteiger partial charge is 0.503 e. The summed E-state index contributed by atoms with van der Waals surface area (Å²) >= 11 is 0. The molecule has 0 aliphatic rings. The van der Waals surface area contributed by atoms with Gasteiger partial charge in [0.1, 0.15) is 17.3 Å². The summed E-state index contributed by atoms with van der Waals surface area (Å²) in [5.41, 5.74) is 2.46. The van der Waals surface area contributed by atoms with Gasteiger partial charge in [0.15, 0.2) is 0 Å². The maximum atomic E-state index is 12.0. The Balaban J connectivity index is 2.14. The topological polar surface area (TPSA) is 97.0 Å². The second-order valence-corrected chi connectivity index (χ2v) is 6.46. The predicted octanol–water partition coefficient (Wildman–Crippen LogP) is 3.56. The van der Waals surface area contributed by atoms with Gasteiger partial charge in [-0.3, -0.25) is 0 Å². The van der Waals surface area contributed by atoms with Crippen molar-refractivity contribution in [2.75, 3.05) is 7.11 Å². The summed E-state index contributed by atoms with van der Waals surface area (Å²) in [6.45, 7) is 3.55. The second kappa shape index (κ2) is 7.70. The molecule has 6 nitrogen and oxygen atoms in total. The highest BCUT2D eigenvalue weighted by Crippen LogP contribution is 2.31. The number of fused-ring (bicyclic) bond motifs is 1. The van der Waals surface area contributed by atoms with E-state index in [-0.39, 0.29) is 5.57 Å². The Labute approximate surface area is 161 Å². The van der Waals surface area contributed by atoms with E-state index >= 15 is 0 Å². The molecule has 144 valence electrons. The minimum Gasteiger partial charge on any atom is -0.503 e. The van der Waals surface area contributed by atoms with Crippen LogP contribution in [-0.2, 0) is 9.53 Å². The average molecular weight is 380 g/mol. The summed E-state index contributed by atoms with van der Waals surface area (Å²) in [5, 5.41) is 21.2. The molecule has 6 heteroatoms. The standard InChI is InChI=1S/C22H20O6/c1-12-13(2)22(26)28-19-10-14(8-9-15(12)19)20(23)17-7-5-4-6-16(17)18(11-27-3)21(24)25/h4-11,20,23H,1-3H3,(H,24,25)/b18-11+. The van der Waals surface area contributed by atoms with Crippen molar-refractivity contribution >= 4 is 22.5 Å². The number of aliphatic carboxylic acids is 1. The number of ether oxygens (including phenoxy) is 1. The van der Waals surface area contributed by atoms with E-state index in [9.17, 15) is 19.8 Å². The van der Waals surface area contributed by atoms with E-state index in [4.69, 9.17) is 9.15 Å². The summed E-state index contributed by atoms with van der Waals surface area (Å²) in [7, 11) is 1.36. The average Bonchev–Trinajstić information content (AvgIpc) is 2.69. The van der Waals surface area contributed by atoms with Crippen molar-refractivity contribution in [3.63, 3.8) is 0 Å². The normalized spacial score (nSPS) is 12.8. The smallest absolute Gasteiger partial charge is 0.339 e. The van der Waals surface area contributed by atoms with Crippen molar-refractivity contribution in [1.29, 1.82) is 0 Å². The van der Waals surface area contributed by atoms with E-state index in [2.05, 4.69) is 0 Å². The third kappa shape index (κ3) is 3.42. The molecule has 0 spiro atoms. The van der Waals surface area contributed by atoms with Crippen LogP contribution < -0.4 is 5.63 Å². The van der Waals surface area contributed by atoms with E-state index in [0.29, 0.717) is 27.8 Å². The number of hydrogen-bond acceptors (Lipinski definition) is 5. The lowest BCUT2D eigenvalue weighted by Gasteiger charge is -2.17. The summed E-state index contributed by atoms with van der Waals surface area (Å²) in [6.07, 6.45) is 0.00605. The number of aliphatic hydroxyl groups is 1. The van der Waals surface area contributed by atoms with Crippen LogP contribution >= 0.6 is 0 Å². The first-order chi connectivity index (χ1) is 13.3.